The Kier molecular flexibility index (Phi) is 5.20. The molecular formula is C24H28N4. The van der Waals surface area contributed by atoms with Gasteiger partial charge in [0.25, 0.3) is 0 Å². The largest absolute Gasteiger partial charge is 0.375 e. The van der Waals surface area contributed by atoms with E-state index in [2.05, 4.69) is 71.6 Å². The summed E-state index contributed by atoms with van der Waals surface area (Å²) in [5, 5.41) is 11.5. The van der Waals surface area contributed by atoms with Crippen molar-refractivity contribution in [1.82, 2.24) is 10.7 Å². The first-order chi connectivity index (χ1) is 13.6. The molecule has 2 aromatic rings. The molecule has 1 aliphatic carbocycles. The molecular weight excluding hydrogens is 344 g/mol. The summed E-state index contributed by atoms with van der Waals surface area (Å²) < 4.78 is 0. The molecule has 0 spiro atoms. The minimum Gasteiger partial charge on any atom is -0.375 e. The normalized spacial score (nSPS) is 17.9. The predicted molar refractivity (Wildman–Crippen MR) is 118 cm³/mol. The van der Waals surface area contributed by atoms with E-state index in [0.29, 0.717) is 0 Å². The van der Waals surface area contributed by atoms with Gasteiger partial charge < -0.3 is 16.1 Å². The molecule has 1 heterocycles. The van der Waals surface area contributed by atoms with Crippen LogP contribution in [0.4, 0.5) is 5.69 Å². The second kappa shape index (κ2) is 7.93. The highest BCUT2D eigenvalue weighted by molar-refractivity contribution is 6.07. The van der Waals surface area contributed by atoms with E-state index >= 15 is 0 Å². The monoisotopic (exact) mass is 372 g/mol. The first kappa shape index (κ1) is 18.4. The van der Waals surface area contributed by atoms with Crippen LogP contribution in [0.3, 0.4) is 0 Å². The molecule has 4 rings (SSSR count). The topological polar surface area (TPSA) is 48.5 Å². The van der Waals surface area contributed by atoms with Crippen molar-refractivity contribution in [3.05, 3.63) is 83.6 Å². The summed E-state index contributed by atoms with van der Waals surface area (Å²) in [7, 11) is 0. The number of nitrogens with zero attached hydrogens (tertiary/aromatic N) is 1. The van der Waals surface area contributed by atoms with Crippen molar-refractivity contribution < 1.29 is 0 Å². The molecule has 1 atom stereocenters. The van der Waals surface area contributed by atoms with Crippen LogP contribution < -0.4 is 16.1 Å². The van der Waals surface area contributed by atoms with Crippen LogP contribution in [-0.4, -0.2) is 18.3 Å². The van der Waals surface area contributed by atoms with Gasteiger partial charge in [-0.3, -0.25) is 0 Å². The summed E-state index contributed by atoms with van der Waals surface area (Å²) in [6.45, 7) is 11.4. The average molecular weight is 373 g/mol. The zero-order valence-electron chi connectivity index (χ0n) is 16.5. The zero-order chi connectivity index (χ0) is 19.5. The maximum absolute atomic E-state index is 4.48. The summed E-state index contributed by atoms with van der Waals surface area (Å²) in [5.41, 5.74) is 12.2. The van der Waals surface area contributed by atoms with Crippen LogP contribution in [0.25, 0.3) is 5.70 Å². The van der Waals surface area contributed by atoms with Gasteiger partial charge in [0.2, 0.25) is 0 Å². The molecule has 28 heavy (non-hydrogen) atoms. The molecule has 4 heteroatoms. The quantitative estimate of drug-likeness (QED) is 0.705. The van der Waals surface area contributed by atoms with Crippen molar-refractivity contribution in [1.29, 1.82) is 0 Å². The van der Waals surface area contributed by atoms with E-state index in [1.54, 1.807) is 0 Å². The number of nitrogens with one attached hydrogen (secondary N) is 3. The molecule has 0 saturated heterocycles. The number of anilines is 1. The fraction of sp³-hybridized carbons (Fsp3) is 0.292. The molecule has 2 aliphatic rings. The minimum atomic E-state index is 0.0379. The fourth-order valence-corrected chi connectivity index (χ4v) is 4.09. The Morgan fingerprint density at radius 3 is 2.71 bits per heavy atom. The summed E-state index contributed by atoms with van der Waals surface area (Å²) >= 11 is 0. The van der Waals surface area contributed by atoms with Crippen molar-refractivity contribution >= 4 is 17.1 Å². The van der Waals surface area contributed by atoms with Gasteiger partial charge in [-0.15, -0.1) is 0 Å². The summed E-state index contributed by atoms with van der Waals surface area (Å²) in [6, 6.07) is 14.8. The highest BCUT2D eigenvalue weighted by atomic mass is 15.3. The molecule has 0 saturated carbocycles. The van der Waals surface area contributed by atoms with E-state index in [9.17, 15) is 0 Å². The minimum absolute atomic E-state index is 0.0379. The average Bonchev–Trinajstić information content (AvgIpc) is 3.17. The Balaban J connectivity index is 1.48. The van der Waals surface area contributed by atoms with Crippen LogP contribution in [-0.2, 0) is 12.8 Å². The lowest BCUT2D eigenvalue weighted by atomic mass is 9.87. The van der Waals surface area contributed by atoms with Crippen LogP contribution in [0, 0.1) is 6.92 Å². The summed E-state index contributed by atoms with van der Waals surface area (Å²) in [5.74, 6) is 0. The smallest absolute Gasteiger partial charge is 0.107 e. The van der Waals surface area contributed by atoms with Crippen LogP contribution >= 0.6 is 0 Å². The van der Waals surface area contributed by atoms with Gasteiger partial charge in [-0.1, -0.05) is 49.6 Å². The maximum atomic E-state index is 4.48. The zero-order valence-corrected chi connectivity index (χ0v) is 16.5. The van der Waals surface area contributed by atoms with E-state index in [4.69, 9.17) is 0 Å². The van der Waals surface area contributed by atoms with E-state index in [0.717, 1.165) is 35.8 Å². The van der Waals surface area contributed by atoms with Gasteiger partial charge in [-0.25, -0.2) is 0 Å². The third-order valence-corrected chi connectivity index (χ3v) is 5.63. The van der Waals surface area contributed by atoms with E-state index in [-0.39, 0.29) is 6.04 Å². The van der Waals surface area contributed by atoms with Crippen molar-refractivity contribution in [2.75, 3.05) is 11.9 Å². The van der Waals surface area contributed by atoms with E-state index < -0.39 is 0 Å². The third kappa shape index (κ3) is 3.68. The van der Waals surface area contributed by atoms with Crippen LogP contribution in [0.5, 0.6) is 0 Å². The number of fused-ring (bicyclic) bond motifs is 1. The third-order valence-electron chi connectivity index (χ3n) is 5.63. The highest BCUT2D eigenvalue weighted by Gasteiger charge is 2.25. The van der Waals surface area contributed by atoms with Crippen LogP contribution in [0.2, 0.25) is 0 Å². The Morgan fingerprint density at radius 2 is 1.86 bits per heavy atom. The Morgan fingerprint density at radius 1 is 1.04 bits per heavy atom. The van der Waals surface area contributed by atoms with Gasteiger partial charge in [-0.05, 0) is 55.4 Å². The first-order valence-electron chi connectivity index (χ1n) is 10.0. The Bertz CT molecular complexity index is 941. The van der Waals surface area contributed by atoms with Gasteiger partial charge in [-0.2, -0.15) is 5.10 Å². The number of hydrogen-bond donors (Lipinski definition) is 3. The standard InChI is InChI=1S/C24H28N4/c1-16-9-4-7-14-22(16)27-18(3)24-23(15-25-28-24)26-17(2)20-13-8-11-19-10-5-6-12-21(19)20/h4,7-9,11,13-14,23,25-27H,2-3,5-6,10,12,15H2,1H3. The second-order valence-electron chi connectivity index (χ2n) is 7.60. The van der Waals surface area contributed by atoms with Crippen LogP contribution in [0.1, 0.15) is 35.1 Å². The lowest BCUT2D eigenvalue weighted by Gasteiger charge is -2.24. The number of aryl methyl sites for hydroxylation is 2. The molecule has 0 radical (unpaired) electrons. The highest BCUT2D eigenvalue weighted by Crippen LogP contribution is 2.28. The Labute approximate surface area is 167 Å². The van der Waals surface area contributed by atoms with Gasteiger partial charge in [0.05, 0.1) is 18.3 Å². The molecule has 0 aromatic heterocycles. The predicted octanol–water partition coefficient (Wildman–Crippen LogP) is 4.39. The molecule has 0 amide bonds. The number of hydrogen-bond acceptors (Lipinski definition) is 4. The number of rotatable bonds is 6. The van der Waals surface area contributed by atoms with Crippen molar-refractivity contribution in [2.45, 2.75) is 38.6 Å². The second-order valence-corrected chi connectivity index (χ2v) is 7.60. The van der Waals surface area contributed by atoms with Crippen molar-refractivity contribution in [2.24, 2.45) is 5.10 Å². The number of benzene rings is 2. The van der Waals surface area contributed by atoms with E-state index in [1.165, 1.54) is 41.5 Å². The van der Waals surface area contributed by atoms with Gasteiger partial charge in [0.1, 0.15) is 5.71 Å². The maximum Gasteiger partial charge on any atom is 0.107 e. The molecule has 2 aromatic carbocycles. The van der Waals surface area contributed by atoms with Gasteiger partial charge in [0.15, 0.2) is 0 Å². The number of hydrazone groups is 1. The van der Waals surface area contributed by atoms with Gasteiger partial charge in [0, 0.05) is 16.9 Å². The summed E-state index contributed by atoms with van der Waals surface area (Å²) in [6.07, 6.45) is 4.85. The number of para-hydroxylation sites is 1. The van der Waals surface area contributed by atoms with Crippen LogP contribution in [0.15, 0.2) is 66.4 Å². The molecule has 144 valence electrons. The van der Waals surface area contributed by atoms with E-state index in [1.807, 2.05) is 12.1 Å². The Hall–Kier alpha value is -3.01. The van der Waals surface area contributed by atoms with Crippen molar-refractivity contribution in [3.8, 4) is 0 Å². The molecule has 1 aliphatic heterocycles. The molecule has 3 N–H and O–H groups in total. The lowest BCUT2D eigenvalue weighted by molar-refractivity contribution is 0.678. The first-order valence-corrected chi connectivity index (χ1v) is 10.0. The molecule has 0 bridgehead atoms. The van der Waals surface area contributed by atoms with Gasteiger partial charge >= 0.3 is 0 Å². The lowest BCUT2D eigenvalue weighted by Crippen LogP contribution is -2.38. The summed E-state index contributed by atoms with van der Waals surface area (Å²) in [4.78, 5) is 0. The van der Waals surface area contributed by atoms with Crippen molar-refractivity contribution in [3.63, 3.8) is 0 Å². The molecule has 0 fully saturated rings. The fourth-order valence-electron chi connectivity index (χ4n) is 4.09. The SMILES string of the molecule is C=C(Nc1ccccc1C)C1=NNCC1NC(=C)c1cccc2c1CCCC2. The molecule has 1 unspecified atom stereocenters. The molecule has 4 nitrogen and oxygen atoms in total.